The average molecular weight is 510 g/mol. The second-order valence-corrected chi connectivity index (χ2v) is 9.10. The standard InChI is InChI=1S/C24H20ClN5O4S/c1-14-17(28-29-30(14)16-5-2-4-15(25)10-16)13-23(31)26-18-11-20-21(34-8-7-33-20)12-19(18)27-24(32)22-6-3-9-35-22/h2-6,9-12H,7-8,13H2,1H3,(H,26,31)(H,27,32). The van der Waals surface area contributed by atoms with Gasteiger partial charge in [0.2, 0.25) is 5.91 Å². The molecule has 0 fully saturated rings. The maximum absolute atomic E-state index is 13.0. The number of anilines is 2. The molecule has 2 N–H and O–H groups in total. The third-order valence-electron chi connectivity index (χ3n) is 5.32. The van der Waals surface area contributed by atoms with E-state index in [1.165, 1.54) is 11.3 Å². The molecule has 2 aromatic carbocycles. The molecule has 0 saturated heterocycles. The van der Waals surface area contributed by atoms with Crippen molar-refractivity contribution in [1.82, 2.24) is 15.0 Å². The summed E-state index contributed by atoms with van der Waals surface area (Å²) < 4.78 is 12.9. The number of aromatic nitrogens is 3. The van der Waals surface area contributed by atoms with Gasteiger partial charge in [0.25, 0.3) is 5.91 Å². The summed E-state index contributed by atoms with van der Waals surface area (Å²) in [4.78, 5) is 26.2. The van der Waals surface area contributed by atoms with Crippen molar-refractivity contribution in [2.24, 2.45) is 0 Å². The second-order valence-electron chi connectivity index (χ2n) is 7.71. The van der Waals surface area contributed by atoms with Gasteiger partial charge in [-0.15, -0.1) is 16.4 Å². The highest BCUT2D eigenvalue weighted by Gasteiger charge is 2.21. The normalized spacial score (nSPS) is 12.3. The van der Waals surface area contributed by atoms with Crippen molar-refractivity contribution in [2.75, 3.05) is 23.8 Å². The van der Waals surface area contributed by atoms with Gasteiger partial charge in [-0.3, -0.25) is 9.59 Å². The molecule has 0 bridgehead atoms. The number of thiophene rings is 1. The summed E-state index contributed by atoms with van der Waals surface area (Å²) in [5.41, 5.74) is 2.78. The van der Waals surface area contributed by atoms with Gasteiger partial charge < -0.3 is 20.1 Å². The lowest BCUT2D eigenvalue weighted by Crippen LogP contribution is -2.20. The largest absolute Gasteiger partial charge is 0.486 e. The first-order chi connectivity index (χ1) is 17.0. The Hall–Kier alpha value is -3.89. The van der Waals surface area contributed by atoms with Crippen LogP contribution in [0.15, 0.2) is 53.9 Å². The predicted molar refractivity (Wildman–Crippen MR) is 133 cm³/mol. The van der Waals surface area contributed by atoms with E-state index in [1.54, 1.807) is 41.1 Å². The highest BCUT2D eigenvalue weighted by molar-refractivity contribution is 7.12. The van der Waals surface area contributed by atoms with Crippen LogP contribution < -0.4 is 20.1 Å². The Morgan fingerprint density at radius 1 is 1.06 bits per heavy atom. The molecule has 5 rings (SSSR count). The van der Waals surface area contributed by atoms with Crippen molar-refractivity contribution in [2.45, 2.75) is 13.3 Å². The number of ether oxygens (including phenoxy) is 2. The molecule has 0 saturated carbocycles. The van der Waals surface area contributed by atoms with Gasteiger partial charge in [0, 0.05) is 17.2 Å². The molecule has 0 radical (unpaired) electrons. The summed E-state index contributed by atoms with van der Waals surface area (Å²) >= 11 is 7.41. The van der Waals surface area contributed by atoms with E-state index in [4.69, 9.17) is 21.1 Å². The molecule has 3 heterocycles. The molecule has 9 nitrogen and oxygen atoms in total. The first-order valence-corrected chi connectivity index (χ1v) is 12.0. The highest BCUT2D eigenvalue weighted by Crippen LogP contribution is 2.38. The number of carbonyl (C=O) groups excluding carboxylic acids is 2. The van der Waals surface area contributed by atoms with Crippen LogP contribution >= 0.6 is 22.9 Å². The number of nitrogens with one attached hydrogen (secondary N) is 2. The van der Waals surface area contributed by atoms with Crippen molar-refractivity contribution in [1.29, 1.82) is 0 Å². The van der Waals surface area contributed by atoms with Gasteiger partial charge in [0.05, 0.1) is 39.7 Å². The van der Waals surface area contributed by atoms with Gasteiger partial charge in [-0.05, 0) is 36.6 Å². The van der Waals surface area contributed by atoms with Crippen LogP contribution in [-0.4, -0.2) is 40.0 Å². The number of rotatable bonds is 6. The maximum Gasteiger partial charge on any atom is 0.265 e. The summed E-state index contributed by atoms with van der Waals surface area (Å²) in [5, 5.41) is 16.4. The van der Waals surface area contributed by atoms with E-state index >= 15 is 0 Å². The molecule has 178 valence electrons. The van der Waals surface area contributed by atoms with Crippen LogP contribution in [0.3, 0.4) is 0 Å². The SMILES string of the molecule is Cc1c(CC(=O)Nc2cc3c(cc2NC(=O)c2cccs2)OCCO3)nnn1-c1cccc(Cl)c1. The monoisotopic (exact) mass is 509 g/mol. The minimum Gasteiger partial charge on any atom is -0.486 e. The Labute approximate surface area is 209 Å². The summed E-state index contributed by atoms with van der Waals surface area (Å²) in [5.74, 6) is 0.377. The zero-order valence-electron chi connectivity index (χ0n) is 18.6. The Morgan fingerprint density at radius 2 is 1.80 bits per heavy atom. The fourth-order valence-corrected chi connectivity index (χ4v) is 4.41. The van der Waals surface area contributed by atoms with Gasteiger partial charge in [-0.25, -0.2) is 4.68 Å². The van der Waals surface area contributed by atoms with Crippen LogP contribution in [0.4, 0.5) is 11.4 Å². The molecule has 0 spiro atoms. The Morgan fingerprint density at radius 3 is 2.49 bits per heavy atom. The quantitative estimate of drug-likeness (QED) is 0.396. The van der Waals surface area contributed by atoms with Gasteiger partial charge in [-0.2, -0.15) is 0 Å². The first-order valence-electron chi connectivity index (χ1n) is 10.7. The van der Waals surface area contributed by atoms with Gasteiger partial charge in [0.15, 0.2) is 11.5 Å². The average Bonchev–Trinajstić information content (AvgIpc) is 3.50. The van der Waals surface area contributed by atoms with Crippen LogP contribution in [0.1, 0.15) is 21.1 Å². The Bertz CT molecular complexity index is 1400. The highest BCUT2D eigenvalue weighted by atomic mass is 35.5. The van der Waals surface area contributed by atoms with E-state index in [0.29, 0.717) is 51.7 Å². The number of fused-ring (bicyclic) bond motifs is 1. The van der Waals surface area contributed by atoms with Gasteiger partial charge in [0.1, 0.15) is 13.2 Å². The van der Waals surface area contributed by atoms with Crippen LogP contribution in [0.2, 0.25) is 5.02 Å². The predicted octanol–water partition coefficient (Wildman–Crippen LogP) is 4.50. The maximum atomic E-state index is 13.0. The molecule has 2 amide bonds. The third kappa shape index (κ3) is 4.98. The van der Waals surface area contributed by atoms with E-state index < -0.39 is 0 Å². The van der Waals surface area contributed by atoms with Gasteiger partial charge >= 0.3 is 0 Å². The lowest BCUT2D eigenvalue weighted by atomic mass is 10.2. The molecule has 0 aliphatic carbocycles. The Balaban J connectivity index is 1.37. The summed E-state index contributed by atoms with van der Waals surface area (Å²) in [6.07, 6.45) is -0.0147. The zero-order chi connectivity index (χ0) is 24.4. The van der Waals surface area contributed by atoms with E-state index in [2.05, 4.69) is 20.9 Å². The first kappa shape index (κ1) is 22.9. The molecule has 35 heavy (non-hydrogen) atoms. The van der Waals surface area contributed by atoms with Crippen LogP contribution in [0.5, 0.6) is 11.5 Å². The molecule has 2 aromatic heterocycles. The summed E-state index contributed by atoms with van der Waals surface area (Å²) in [6, 6.07) is 14.0. The number of amides is 2. The fourth-order valence-electron chi connectivity index (χ4n) is 3.61. The van der Waals surface area contributed by atoms with Crippen molar-refractivity contribution < 1.29 is 19.1 Å². The van der Waals surface area contributed by atoms with Crippen molar-refractivity contribution in [3.63, 3.8) is 0 Å². The number of carbonyl (C=O) groups is 2. The van der Waals surface area contributed by atoms with Gasteiger partial charge in [-0.1, -0.05) is 28.9 Å². The smallest absolute Gasteiger partial charge is 0.265 e. The number of hydrogen-bond donors (Lipinski definition) is 2. The summed E-state index contributed by atoms with van der Waals surface area (Å²) in [6.45, 7) is 2.63. The molecule has 11 heteroatoms. The summed E-state index contributed by atoms with van der Waals surface area (Å²) in [7, 11) is 0. The number of halogens is 1. The second kappa shape index (κ2) is 9.77. The van der Waals surface area contributed by atoms with E-state index in [0.717, 1.165) is 11.4 Å². The number of hydrogen-bond acceptors (Lipinski definition) is 7. The molecular weight excluding hydrogens is 490 g/mol. The third-order valence-corrected chi connectivity index (χ3v) is 6.42. The topological polar surface area (TPSA) is 107 Å². The number of nitrogens with zero attached hydrogens (tertiary/aromatic N) is 3. The van der Waals surface area contributed by atoms with Crippen LogP contribution in [-0.2, 0) is 11.2 Å². The molecule has 0 atom stereocenters. The van der Waals surface area contributed by atoms with E-state index in [-0.39, 0.29) is 18.2 Å². The van der Waals surface area contributed by atoms with E-state index in [9.17, 15) is 9.59 Å². The molecule has 1 aliphatic rings. The van der Waals surface area contributed by atoms with Crippen molar-refractivity contribution in [3.05, 3.63) is 75.2 Å². The van der Waals surface area contributed by atoms with E-state index in [1.807, 2.05) is 24.4 Å². The minimum atomic E-state index is -0.324. The molecular formula is C24H20ClN5O4S. The zero-order valence-corrected chi connectivity index (χ0v) is 20.2. The Kier molecular flexibility index (Phi) is 6.39. The van der Waals surface area contributed by atoms with Crippen LogP contribution in [0.25, 0.3) is 5.69 Å². The lowest BCUT2D eigenvalue weighted by Gasteiger charge is -2.21. The van der Waals surface area contributed by atoms with Crippen molar-refractivity contribution in [3.8, 4) is 17.2 Å². The minimum absolute atomic E-state index is 0.0147. The fraction of sp³-hybridized carbons (Fsp3) is 0.167. The van der Waals surface area contributed by atoms with Crippen molar-refractivity contribution >= 4 is 46.1 Å². The number of benzene rings is 2. The lowest BCUT2D eigenvalue weighted by molar-refractivity contribution is -0.115. The molecule has 0 unspecified atom stereocenters. The molecule has 1 aliphatic heterocycles. The van der Waals surface area contributed by atoms with Crippen LogP contribution in [0, 0.1) is 6.92 Å². The molecule has 4 aromatic rings.